The lowest BCUT2D eigenvalue weighted by Gasteiger charge is -2.24. The number of methoxy groups -OCH3 is 1. The van der Waals surface area contributed by atoms with Crippen LogP contribution in [-0.2, 0) is 16.1 Å². The molecule has 0 saturated heterocycles. The second-order valence-corrected chi connectivity index (χ2v) is 12.5. The molecule has 1 aliphatic rings. The van der Waals surface area contributed by atoms with Gasteiger partial charge in [-0.3, -0.25) is 9.36 Å². The van der Waals surface area contributed by atoms with E-state index in [4.69, 9.17) is 36.1 Å². The quantitative estimate of drug-likeness (QED) is 0.176. The molecule has 0 aliphatic carbocycles. The van der Waals surface area contributed by atoms with Crippen LogP contribution < -0.4 is 24.4 Å². The summed E-state index contributed by atoms with van der Waals surface area (Å²) in [5, 5.41) is 11.3. The van der Waals surface area contributed by atoms with Crippen LogP contribution in [0.3, 0.4) is 0 Å². The SMILES string of the molecule is CCOC(=O)C1=C(c2ccccc2)N=c2s/c(=C\c3cc(Cl)c(OCc4ccc(C#N)cc4)c(OC)c3)c(=O)n2[C@H]1c1cccs1. The number of hydrogen-bond acceptors (Lipinski definition) is 9. The zero-order valence-corrected chi connectivity index (χ0v) is 27.1. The standard InChI is InChI=1S/C35H26ClN3O5S2/c1-3-43-34(41)29-30(24-8-5-4-6-9-24)38-35-39(31(29)27-10-7-15-45-27)33(40)28(46-35)18-23-16-25(36)32(26(17-23)42-2)44-20-22-13-11-21(19-37)12-14-22/h4-18,31H,3,20H2,1-2H3/b28-18-/t31-/m0/s1. The van der Waals surface area contributed by atoms with Gasteiger partial charge in [0, 0.05) is 10.4 Å². The molecule has 0 amide bonds. The number of nitriles is 1. The minimum Gasteiger partial charge on any atom is -0.493 e. The highest BCUT2D eigenvalue weighted by Crippen LogP contribution is 2.38. The van der Waals surface area contributed by atoms with Crippen molar-refractivity contribution in [2.75, 3.05) is 13.7 Å². The summed E-state index contributed by atoms with van der Waals surface area (Å²) in [6, 6.07) is 25.1. The molecular formula is C35H26ClN3O5S2. The molecule has 0 bridgehead atoms. The third-order valence-electron chi connectivity index (χ3n) is 7.20. The Kier molecular flexibility index (Phi) is 9.17. The highest BCUT2D eigenvalue weighted by molar-refractivity contribution is 7.10. The van der Waals surface area contributed by atoms with Crippen LogP contribution in [0.25, 0.3) is 11.8 Å². The maximum atomic E-state index is 14.1. The fraction of sp³-hybridized carbons (Fsp3) is 0.143. The Balaban J connectivity index is 1.44. The van der Waals surface area contributed by atoms with Crippen LogP contribution in [0.2, 0.25) is 5.02 Å². The number of esters is 1. The normalized spacial score (nSPS) is 14.3. The molecule has 11 heteroatoms. The Morgan fingerprint density at radius 3 is 2.57 bits per heavy atom. The highest BCUT2D eigenvalue weighted by Gasteiger charge is 2.35. The van der Waals surface area contributed by atoms with Gasteiger partial charge in [0.25, 0.3) is 5.56 Å². The van der Waals surface area contributed by atoms with Crippen molar-refractivity contribution in [1.29, 1.82) is 5.26 Å². The van der Waals surface area contributed by atoms with Crippen LogP contribution >= 0.6 is 34.3 Å². The first kappa shape index (κ1) is 31.0. The molecule has 1 aliphatic heterocycles. The van der Waals surface area contributed by atoms with Crippen LogP contribution in [-0.4, -0.2) is 24.3 Å². The predicted octanol–water partition coefficient (Wildman–Crippen LogP) is 6.11. The number of ether oxygens (including phenoxy) is 3. The van der Waals surface area contributed by atoms with E-state index >= 15 is 0 Å². The Morgan fingerprint density at radius 2 is 1.89 bits per heavy atom. The summed E-state index contributed by atoms with van der Waals surface area (Å²) < 4.78 is 19.1. The average Bonchev–Trinajstić information content (AvgIpc) is 3.72. The molecule has 0 saturated carbocycles. The van der Waals surface area contributed by atoms with Gasteiger partial charge in [-0.1, -0.05) is 71.5 Å². The van der Waals surface area contributed by atoms with Gasteiger partial charge in [0.2, 0.25) is 0 Å². The van der Waals surface area contributed by atoms with Crippen LogP contribution in [0.15, 0.2) is 99.6 Å². The summed E-state index contributed by atoms with van der Waals surface area (Å²) in [6.45, 7) is 2.15. The first-order valence-electron chi connectivity index (χ1n) is 14.2. The Bertz CT molecular complexity index is 2160. The van der Waals surface area contributed by atoms with Gasteiger partial charge in [-0.05, 0) is 59.8 Å². The van der Waals surface area contributed by atoms with Crippen molar-refractivity contribution >= 4 is 52.0 Å². The largest absolute Gasteiger partial charge is 0.493 e. The maximum absolute atomic E-state index is 14.1. The van der Waals surface area contributed by atoms with E-state index in [1.54, 1.807) is 41.8 Å². The molecule has 1 atom stereocenters. The lowest BCUT2D eigenvalue weighted by molar-refractivity contribution is -0.138. The molecule has 0 unspecified atom stereocenters. The van der Waals surface area contributed by atoms with Crippen molar-refractivity contribution < 1.29 is 19.0 Å². The Morgan fingerprint density at radius 1 is 1.11 bits per heavy atom. The molecule has 230 valence electrons. The zero-order chi connectivity index (χ0) is 32.2. The molecule has 46 heavy (non-hydrogen) atoms. The van der Waals surface area contributed by atoms with E-state index in [1.807, 2.05) is 60.0 Å². The number of aromatic nitrogens is 1. The van der Waals surface area contributed by atoms with Crippen molar-refractivity contribution in [3.63, 3.8) is 0 Å². The molecule has 3 aromatic carbocycles. The van der Waals surface area contributed by atoms with Crippen LogP contribution in [0.5, 0.6) is 11.5 Å². The summed E-state index contributed by atoms with van der Waals surface area (Å²) in [5.41, 5.74) is 3.27. The Hall–Kier alpha value is -4.95. The monoisotopic (exact) mass is 667 g/mol. The highest BCUT2D eigenvalue weighted by atomic mass is 35.5. The van der Waals surface area contributed by atoms with E-state index in [-0.39, 0.29) is 18.8 Å². The average molecular weight is 668 g/mol. The molecule has 5 aromatic rings. The number of carbonyl (C=O) groups is 1. The maximum Gasteiger partial charge on any atom is 0.338 e. The second kappa shape index (κ2) is 13.6. The number of thiophene rings is 1. The first-order chi connectivity index (χ1) is 22.4. The van der Waals surface area contributed by atoms with Gasteiger partial charge >= 0.3 is 5.97 Å². The van der Waals surface area contributed by atoms with E-state index in [1.165, 1.54) is 29.8 Å². The minimum atomic E-state index is -0.719. The molecular weight excluding hydrogens is 642 g/mol. The third kappa shape index (κ3) is 6.13. The molecule has 6 rings (SSSR count). The van der Waals surface area contributed by atoms with Gasteiger partial charge in [0.15, 0.2) is 16.3 Å². The van der Waals surface area contributed by atoms with Crippen molar-refractivity contribution in [3.05, 3.63) is 142 Å². The van der Waals surface area contributed by atoms with Crippen molar-refractivity contribution in [2.24, 2.45) is 4.99 Å². The number of hydrogen-bond donors (Lipinski definition) is 0. The molecule has 2 aromatic heterocycles. The summed E-state index contributed by atoms with van der Waals surface area (Å²) in [5.74, 6) is 0.231. The van der Waals surface area contributed by atoms with Crippen molar-refractivity contribution in [1.82, 2.24) is 4.57 Å². The number of fused-ring (bicyclic) bond motifs is 1. The van der Waals surface area contributed by atoms with E-state index in [9.17, 15) is 9.59 Å². The van der Waals surface area contributed by atoms with Gasteiger partial charge in [-0.25, -0.2) is 9.79 Å². The fourth-order valence-corrected chi connectivity index (χ4v) is 7.20. The number of benzene rings is 3. The Labute approximate surface area is 277 Å². The predicted molar refractivity (Wildman–Crippen MR) is 179 cm³/mol. The summed E-state index contributed by atoms with van der Waals surface area (Å²) in [7, 11) is 1.51. The summed E-state index contributed by atoms with van der Waals surface area (Å²) >= 11 is 9.35. The number of rotatable bonds is 9. The topological polar surface area (TPSA) is 103 Å². The number of thiazole rings is 1. The first-order valence-corrected chi connectivity index (χ1v) is 16.3. The molecule has 3 heterocycles. The zero-order valence-electron chi connectivity index (χ0n) is 24.7. The smallest absolute Gasteiger partial charge is 0.338 e. The van der Waals surface area contributed by atoms with Gasteiger partial charge in [0.05, 0.1) is 46.2 Å². The minimum absolute atomic E-state index is 0.182. The lowest BCUT2D eigenvalue weighted by Crippen LogP contribution is -2.39. The van der Waals surface area contributed by atoms with Crippen LogP contribution in [0.1, 0.15) is 40.1 Å². The molecule has 0 fully saturated rings. The van der Waals surface area contributed by atoms with E-state index in [0.29, 0.717) is 48.3 Å². The second-order valence-electron chi connectivity index (χ2n) is 10.1. The number of halogens is 1. The van der Waals surface area contributed by atoms with Gasteiger partial charge < -0.3 is 14.2 Å². The van der Waals surface area contributed by atoms with E-state index in [2.05, 4.69) is 6.07 Å². The number of carbonyl (C=O) groups excluding carboxylic acids is 1. The summed E-state index contributed by atoms with van der Waals surface area (Å²) in [4.78, 5) is 33.8. The van der Waals surface area contributed by atoms with Gasteiger partial charge in [0.1, 0.15) is 12.6 Å². The molecule has 0 N–H and O–H groups in total. The van der Waals surface area contributed by atoms with Crippen LogP contribution in [0, 0.1) is 11.3 Å². The van der Waals surface area contributed by atoms with Crippen molar-refractivity contribution in [3.8, 4) is 17.6 Å². The van der Waals surface area contributed by atoms with Gasteiger partial charge in [-0.2, -0.15) is 5.26 Å². The molecule has 0 spiro atoms. The molecule has 0 radical (unpaired) electrons. The summed E-state index contributed by atoms with van der Waals surface area (Å²) in [6.07, 6.45) is 1.73. The van der Waals surface area contributed by atoms with Gasteiger partial charge in [-0.15, -0.1) is 11.3 Å². The molecule has 8 nitrogen and oxygen atoms in total. The van der Waals surface area contributed by atoms with E-state index < -0.39 is 12.0 Å². The third-order valence-corrected chi connectivity index (χ3v) is 9.39. The van der Waals surface area contributed by atoms with Crippen LogP contribution in [0.4, 0.5) is 0 Å². The van der Waals surface area contributed by atoms with E-state index in [0.717, 1.165) is 16.0 Å². The lowest BCUT2D eigenvalue weighted by atomic mass is 9.97. The number of nitrogens with zero attached hydrogens (tertiary/aromatic N) is 3. The van der Waals surface area contributed by atoms with Crippen molar-refractivity contribution in [2.45, 2.75) is 19.6 Å². The fourth-order valence-electron chi connectivity index (χ4n) is 5.10.